The average molecular weight is 325 g/mol. The molecule has 2 unspecified atom stereocenters. The summed E-state index contributed by atoms with van der Waals surface area (Å²) in [5, 5.41) is 2.97. The third-order valence-electron chi connectivity index (χ3n) is 4.23. The number of carbonyl (C=O) groups is 1. The van der Waals surface area contributed by atoms with Crippen LogP contribution in [0.3, 0.4) is 0 Å². The summed E-state index contributed by atoms with van der Waals surface area (Å²) in [6.45, 7) is 3.10. The summed E-state index contributed by atoms with van der Waals surface area (Å²) in [7, 11) is 0. The molecule has 0 aromatic heterocycles. The lowest BCUT2D eigenvalue weighted by atomic mass is 9.96. The van der Waals surface area contributed by atoms with Crippen molar-refractivity contribution in [2.45, 2.75) is 38.2 Å². The highest BCUT2D eigenvalue weighted by molar-refractivity contribution is 5.77. The zero-order valence-electron chi connectivity index (χ0n) is 13.9. The van der Waals surface area contributed by atoms with Gasteiger partial charge in [-0.15, -0.1) is 0 Å². The first-order chi connectivity index (χ1) is 11.6. The minimum absolute atomic E-state index is 0.00457. The van der Waals surface area contributed by atoms with Crippen LogP contribution in [0.25, 0.3) is 0 Å². The molecule has 1 heterocycles. The van der Waals surface area contributed by atoms with E-state index in [0.717, 1.165) is 11.1 Å². The van der Waals surface area contributed by atoms with Crippen molar-refractivity contribution >= 4 is 5.91 Å². The second-order valence-corrected chi connectivity index (χ2v) is 6.37. The lowest BCUT2D eigenvalue weighted by molar-refractivity contribution is -0.256. The SMILES string of the molecule is CC1(CC(=O)NCc2ccccc2)CCOC(c2ccccc2)O1. The molecule has 0 bridgehead atoms. The molecule has 24 heavy (non-hydrogen) atoms. The van der Waals surface area contributed by atoms with Crippen molar-refractivity contribution in [1.29, 1.82) is 0 Å². The van der Waals surface area contributed by atoms with Gasteiger partial charge in [-0.3, -0.25) is 4.79 Å². The molecule has 3 rings (SSSR count). The summed E-state index contributed by atoms with van der Waals surface area (Å²) >= 11 is 0. The molecule has 1 aliphatic rings. The van der Waals surface area contributed by atoms with E-state index in [9.17, 15) is 4.79 Å². The molecule has 1 N–H and O–H groups in total. The number of benzene rings is 2. The Hall–Kier alpha value is -2.17. The molecule has 2 aromatic rings. The highest BCUT2D eigenvalue weighted by Gasteiger charge is 2.36. The van der Waals surface area contributed by atoms with Gasteiger partial charge in [0.1, 0.15) is 0 Å². The predicted molar refractivity (Wildman–Crippen MR) is 92.1 cm³/mol. The van der Waals surface area contributed by atoms with Gasteiger partial charge in [-0.05, 0) is 12.5 Å². The molecule has 0 spiro atoms. The van der Waals surface area contributed by atoms with Crippen molar-refractivity contribution in [3.63, 3.8) is 0 Å². The molecule has 126 valence electrons. The van der Waals surface area contributed by atoms with Crippen LogP contribution >= 0.6 is 0 Å². The van der Waals surface area contributed by atoms with Crippen LogP contribution in [0.2, 0.25) is 0 Å². The van der Waals surface area contributed by atoms with Gasteiger partial charge in [0.15, 0.2) is 6.29 Å². The van der Waals surface area contributed by atoms with E-state index in [1.165, 1.54) is 0 Å². The van der Waals surface area contributed by atoms with E-state index >= 15 is 0 Å². The first-order valence-electron chi connectivity index (χ1n) is 8.30. The summed E-state index contributed by atoms with van der Waals surface area (Å²) in [4.78, 5) is 12.3. The monoisotopic (exact) mass is 325 g/mol. The van der Waals surface area contributed by atoms with Crippen LogP contribution in [-0.4, -0.2) is 18.1 Å². The van der Waals surface area contributed by atoms with E-state index in [0.29, 0.717) is 26.0 Å². The average Bonchev–Trinajstić information content (AvgIpc) is 2.61. The van der Waals surface area contributed by atoms with Gasteiger partial charge < -0.3 is 14.8 Å². The van der Waals surface area contributed by atoms with Gasteiger partial charge in [-0.2, -0.15) is 0 Å². The molecule has 0 aliphatic carbocycles. The second-order valence-electron chi connectivity index (χ2n) is 6.37. The summed E-state index contributed by atoms with van der Waals surface area (Å²) in [5.41, 5.74) is 1.55. The fourth-order valence-corrected chi connectivity index (χ4v) is 2.84. The molecule has 2 atom stereocenters. The zero-order valence-corrected chi connectivity index (χ0v) is 13.9. The topological polar surface area (TPSA) is 47.6 Å². The Labute approximate surface area is 142 Å². The van der Waals surface area contributed by atoms with Crippen LogP contribution in [0.4, 0.5) is 0 Å². The van der Waals surface area contributed by atoms with Crippen LogP contribution in [0.1, 0.15) is 37.2 Å². The minimum atomic E-state index is -0.514. The Morgan fingerprint density at radius 2 is 1.79 bits per heavy atom. The van der Waals surface area contributed by atoms with Gasteiger partial charge in [-0.25, -0.2) is 0 Å². The largest absolute Gasteiger partial charge is 0.352 e. The van der Waals surface area contributed by atoms with Crippen molar-refractivity contribution < 1.29 is 14.3 Å². The molecule has 1 aliphatic heterocycles. The van der Waals surface area contributed by atoms with E-state index in [4.69, 9.17) is 9.47 Å². The van der Waals surface area contributed by atoms with Crippen molar-refractivity contribution in [2.24, 2.45) is 0 Å². The van der Waals surface area contributed by atoms with Crippen LogP contribution in [-0.2, 0) is 20.8 Å². The van der Waals surface area contributed by atoms with Gasteiger partial charge in [0.25, 0.3) is 0 Å². The quantitative estimate of drug-likeness (QED) is 0.914. The van der Waals surface area contributed by atoms with Gasteiger partial charge >= 0.3 is 0 Å². The van der Waals surface area contributed by atoms with E-state index in [2.05, 4.69) is 5.32 Å². The number of hydrogen-bond acceptors (Lipinski definition) is 3. The normalized spacial score (nSPS) is 23.6. The Kier molecular flexibility index (Phi) is 5.28. The van der Waals surface area contributed by atoms with E-state index in [-0.39, 0.29) is 5.91 Å². The molecule has 2 aromatic carbocycles. The third kappa shape index (κ3) is 4.43. The summed E-state index contributed by atoms with van der Waals surface area (Å²) in [6.07, 6.45) is 0.619. The maximum absolute atomic E-state index is 12.3. The molecular formula is C20H23NO3. The Bertz CT molecular complexity index is 659. The molecule has 1 saturated heterocycles. The first kappa shape index (κ1) is 16.7. The van der Waals surface area contributed by atoms with Crippen LogP contribution in [0, 0.1) is 0 Å². The maximum Gasteiger partial charge on any atom is 0.223 e. The summed E-state index contributed by atoms with van der Waals surface area (Å²) in [6, 6.07) is 19.7. The number of hydrogen-bond donors (Lipinski definition) is 1. The van der Waals surface area contributed by atoms with Crippen LogP contribution in [0.15, 0.2) is 60.7 Å². The third-order valence-corrected chi connectivity index (χ3v) is 4.23. The van der Waals surface area contributed by atoms with E-state index in [1.54, 1.807) is 0 Å². The lowest BCUT2D eigenvalue weighted by Gasteiger charge is -2.38. The number of ether oxygens (including phenoxy) is 2. The minimum Gasteiger partial charge on any atom is -0.352 e. The molecule has 0 saturated carbocycles. The molecule has 0 radical (unpaired) electrons. The lowest BCUT2D eigenvalue weighted by Crippen LogP contribution is -2.42. The van der Waals surface area contributed by atoms with Gasteiger partial charge in [-0.1, -0.05) is 60.7 Å². The zero-order chi connectivity index (χ0) is 16.8. The number of carbonyl (C=O) groups excluding carboxylic acids is 1. The molecule has 1 fully saturated rings. The van der Waals surface area contributed by atoms with Gasteiger partial charge in [0.05, 0.1) is 18.6 Å². The van der Waals surface area contributed by atoms with Gasteiger partial charge in [0.2, 0.25) is 5.91 Å². The smallest absolute Gasteiger partial charge is 0.223 e. The maximum atomic E-state index is 12.3. The van der Waals surface area contributed by atoms with Crippen molar-refractivity contribution in [1.82, 2.24) is 5.32 Å². The van der Waals surface area contributed by atoms with Crippen LogP contribution < -0.4 is 5.32 Å². The summed E-state index contributed by atoms with van der Waals surface area (Å²) < 4.78 is 11.8. The molecule has 1 amide bonds. The highest BCUT2D eigenvalue weighted by atomic mass is 16.7. The standard InChI is InChI=1S/C20H23NO3/c1-20(14-18(22)21-15-16-8-4-2-5-9-16)12-13-23-19(24-20)17-10-6-3-7-11-17/h2-11,19H,12-15H2,1H3,(H,21,22). The fourth-order valence-electron chi connectivity index (χ4n) is 2.84. The van der Waals surface area contributed by atoms with Crippen molar-refractivity contribution in [3.8, 4) is 0 Å². The Morgan fingerprint density at radius 1 is 1.12 bits per heavy atom. The Morgan fingerprint density at radius 3 is 2.50 bits per heavy atom. The predicted octanol–water partition coefficient (Wildman–Crippen LogP) is 3.59. The highest BCUT2D eigenvalue weighted by Crippen LogP contribution is 2.34. The van der Waals surface area contributed by atoms with Gasteiger partial charge in [0, 0.05) is 18.5 Å². The second kappa shape index (κ2) is 7.60. The molecule has 4 heteroatoms. The number of rotatable bonds is 5. The van der Waals surface area contributed by atoms with Crippen molar-refractivity contribution in [3.05, 3.63) is 71.8 Å². The summed E-state index contributed by atoms with van der Waals surface area (Å²) in [5.74, 6) is -0.00457. The fraction of sp³-hybridized carbons (Fsp3) is 0.350. The van der Waals surface area contributed by atoms with Crippen molar-refractivity contribution in [2.75, 3.05) is 6.61 Å². The number of amides is 1. The van der Waals surface area contributed by atoms with E-state index in [1.807, 2.05) is 67.6 Å². The molecule has 4 nitrogen and oxygen atoms in total. The first-order valence-corrected chi connectivity index (χ1v) is 8.30. The van der Waals surface area contributed by atoms with Crippen LogP contribution in [0.5, 0.6) is 0 Å². The molecular weight excluding hydrogens is 302 g/mol. The Balaban J connectivity index is 1.56. The van der Waals surface area contributed by atoms with E-state index < -0.39 is 11.9 Å². The number of nitrogens with one attached hydrogen (secondary N) is 1.